The summed E-state index contributed by atoms with van der Waals surface area (Å²) in [6, 6.07) is 9.20. The van der Waals surface area contributed by atoms with Gasteiger partial charge in [-0.15, -0.1) is 0 Å². The lowest BCUT2D eigenvalue weighted by atomic mass is 10.1. The number of carbonyl (C=O) groups excluding carboxylic acids is 1. The van der Waals surface area contributed by atoms with Crippen molar-refractivity contribution < 1.29 is 9.18 Å². The predicted octanol–water partition coefficient (Wildman–Crippen LogP) is 2.81. The molecule has 19 heavy (non-hydrogen) atoms. The topological polar surface area (TPSA) is 33.2 Å². The molecule has 1 aliphatic heterocycles. The van der Waals surface area contributed by atoms with Crippen LogP contribution in [0.15, 0.2) is 42.7 Å². The van der Waals surface area contributed by atoms with Gasteiger partial charge in [0.2, 0.25) is 0 Å². The van der Waals surface area contributed by atoms with Crippen LogP contribution in [-0.2, 0) is 6.42 Å². The van der Waals surface area contributed by atoms with E-state index in [1.807, 2.05) is 31.2 Å². The minimum Gasteiger partial charge on any atom is -0.305 e. The van der Waals surface area contributed by atoms with Gasteiger partial charge < -0.3 is 4.90 Å². The highest BCUT2D eigenvalue weighted by Gasteiger charge is 2.32. The highest BCUT2D eigenvalue weighted by molar-refractivity contribution is 6.07. The predicted molar refractivity (Wildman–Crippen MR) is 70.6 cm³/mol. The molecule has 1 aromatic heterocycles. The van der Waals surface area contributed by atoms with Gasteiger partial charge in [-0.3, -0.25) is 9.78 Å². The molecular weight excluding hydrogens is 243 g/mol. The number of anilines is 1. The highest BCUT2D eigenvalue weighted by Crippen LogP contribution is 2.33. The number of hydrogen-bond donors (Lipinski definition) is 0. The molecule has 4 heteroatoms. The van der Waals surface area contributed by atoms with Crippen molar-refractivity contribution in [3.05, 3.63) is 59.7 Å². The Morgan fingerprint density at radius 1 is 1.37 bits per heavy atom. The van der Waals surface area contributed by atoms with Gasteiger partial charge in [0.1, 0.15) is 0 Å². The molecular formula is C15H13FN2O. The van der Waals surface area contributed by atoms with Gasteiger partial charge in [0, 0.05) is 17.9 Å². The van der Waals surface area contributed by atoms with Crippen LogP contribution in [0, 0.1) is 5.82 Å². The Balaban J connectivity index is 2.03. The van der Waals surface area contributed by atoms with Crippen LogP contribution in [-0.4, -0.2) is 16.9 Å². The zero-order valence-corrected chi connectivity index (χ0v) is 10.5. The molecule has 96 valence electrons. The molecule has 0 fully saturated rings. The third-order valence-electron chi connectivity index (χ3n) is 3.43. The van der Waals surface area contributed by atoms with Crippen molar-refractivity contribution in [3.8, 4) is 0 Å². The highest BCUT2D eigenvalue weighted by atomic mass is 19.1. The van der Waals surface area contributed by atoms with E-state index in [0.29, 0.717) is 0 Å². The lowest BCUT2D eigenvalue weighted by Crippen LogP contribution is -2.36. The Hall–Kier alpha value is -2.23. The number of carbonyl (C=O) groups is 1. The molecule has 1 amide bonds. The van der Waals surface area contributed by atoms with Gasteiger partial charge >= 0.3 is 0 Å². The van der Waals surface area contributed by atoms with E-state index in [0.717, 1.165) is 23.9 Å². The average molecular weight is 256 g/mol. The summed E-state index contributed by atoms with van der Waals surface area (Å²) < 4.78 is 13.7. The quantitative estimate of drug-likeness (QED) is 0.786. The van der Waals surface area contributed by atoms with E-state index in [9.17, 15) is 9.18 Å². The first kappa shape index (κ1) is 11.8. The fourth-order valence-corrected chi connectivity index (χ4v) is 2.55. The van der Waals surface area contributed by atoms with E-state index < -0.39 is 5.82 Å². The maximum atomic E-state index is 13.7. The van der Waals surface area contributed by atoms with Gasteiger partial charge in [-0.25, -0.2) is 4.39 Å². The number of fused-ring (bicyclic) bond motifs is 1. The summed E-state index contributed by atoms with van der Waals surface area (Å²) in [6.45, 7) is 1.97. The Bertz CT molecular complexity index is 642. The molecule has 0 saturated heterocycles. The third-order valence-corrected chi connectivity index (χ3v) is 3.43. The second-order valence-corrected chi connectivity index (χ2v) is 4.71. The first-order valence-corrected chi connectivity index (χ1v) is 6.19. The van der Waals surface area contributed by atoms with Gasteiger partial charge in [-0.2, -0.15) is 0 Å². The molecule has 0 aliphatic carbocycles. The molecule has 1 aliphatic rings. The summed E-state index contributed by atoms with van der Waals surface area (Å²) in [5.41, 5.74) is 2.06. The largest absolute Gasteiger partial charge is 0.305 e. The van der Waals surface area contributed by atoms with E-state index in [1.54, 1.807) is 4.90 Å². The second-order valence-electron chi connectivity index (χ2n) is 4.71. The zero-order valence-electron chi connectivity index (χ0n) is 10.5. The van der Waals surface area contributed by atoms with Crippen molar-refractivity contribution in [2.24, 2.45) is 0 Å². The SMILES string of the molecule is CC1Cc2ccccc2N1C(=O)c1ccncc1F. The second kappa shape index (κ2) is 4.46. The molecule has 1 unspecified atom stereocenters. The Kier molecular flexibility index (Phi) is 2.78. The van der Waals surface area contributed by atoms with Crippen molar-refractivity contribution >= 4 is 11.6 Å². The number of amides is 1. The average Bonchev–Trinajstić information content (AvgIpc) is 2.74. The normalized spacial score (nSPS) is 17.4. The molecule has 0 spiro atoms. The number of benzene rings is 1. The summed E-state index contributed by atoms with van der Waals surface area (Å²) in [6.07, 6.45) is 3.30. The summed E-state index contributed by atoms with van der Waals surface area (Å²) in [7, 11) is 0. The van der Waals surface area contributed by atoms with Crippen LogP contribution >= 0.6 is 0 Å². The minimum atomic E-state index is -0.580. The van der Waals surface area contributed by atoms with Crippen LogP contribution in [0.3, 0.4) is 0 Å². The number of nitrogens with zero attached hydrogens (tertiary/aromatic N) is 2. The van der Waals surface area contributed by atoms with Gasteiger partial charge in [-0.1, -0.05) is 18.2 Å². The van der Waals surface area contributed by atoms with Crippen LogP contribution in [0.25, 0.3) is 0 Å². The number of pyridine rings is 1. The Morgan fingerprint density at radius 2 is 2.16 bits per heavy atom. The minimum absolute atomic E-state index is 0.0393. The molecule has 3 nitrogen and oxygen atoms in total. The van der Waals surface area contributed by atoms with E-state index in [2.05, 4.69) is 4.98 Å². The molecule has 0 bridgehead atoms. The maximum absolute atomic E-state index is 13.7. The monoisotopic (exact) mass is 256 g/mol. The lowest BCUT2D eigenvalue weighted by molar-refractivity contribution is 0.0977. The summed E-state index contributed by atoms with van der Waals surface area (Å²) in [4.78, 5) is 17.8. The van der Waals surface area contributed by atoms with Crippen LogP contribution in [0.4, 0.5) is 10.1 Å². The van der Waals surface area contributed by atoms with E-state index in [-0.39, 0.29) is 17.5 Å². The number of para-hydroxylation sites is 1. The first-order chi connectivity index (χ1) is 9.18. The Morgan fingerprint density at radius 3 is 2.95 bits per heavy atom. The zero-order chi connectivity index (χ0) is 13.4. The number of rotatable bonds is 1. The summed E-state index contributed by atoms with van der Waals surface area (Å²) in [5, 5.41) is 0. The smallest absolute Gasteiger partial charge is 0.261 e. The molecule has 2 heterocycles. The maximum Gasteiger partial charge on any atom is 0.261 e. The van der Waals surface area contributed by atoms with E-state index in [4.69, 9.17) is 0 Å². The van der Waals surface area contributed by atoms with Gasteiger partial charge in [0.15, 0.2) is 5.82 Å². The third kappa shape index (κ3) is 1.89. The fraction of sp³-hybridized carbons (Fsp3) is 0.200. The van der Waals surface area contributed by atoms with E-state index in [1.165, 1.54) is 12.3 Å². The van der Waals surface area contributed by atoms with Crippen LogP contribution < -0.4 is 4.90 Å². The number of halogens is 1. The summed E-state index contributed by atoms with van der Waals surface area (Å²) in [5.74, 6) is -0.888. The molecule has 0 radical (unpaired) electrons. The van der Waals surface area contributed by atoms with E-state index >= 15 is 0 Å². The molecule has 2 aromatic rings. The molecule has 3 rings (SSSR count). The lowest BCUT2D eigenvalue weighted by Gasteiger charge is -2.22. The van der Waals surface area contributed by atoms with Crippen LogP contribution in [0.2, 0.25) is 0 Å². The first-order valence-electron chi connectivity index (χ1n) is 6.19. The van der Waals surface area contributed by atoms with Crippen molar-refractivity contribution in [1.29, 1.82) is 0 Å². The molecule has 1 atom stereocenters. The van der Waals surface area contributed by atoms with Gasteiger partial charge in [0.25, 0.3) is 5.91 Å². The molecule has 1 aromatic carbocycles. The molecule has 0 saturated carbocycles. The van der Waals surface area contributed by atoms with Crippen LogP contribution in [0.5, 0.6) is 0 Å². The van der Waals surface area contributed by atoms with Crippen molar-refractivity contribution in [3.63, 3.8) is 0 Å². The van der Waals surface area contributed by atoms with Crippen molar-refractivity contribution in [1.82, 2.24) is 4.98 Å². The fourth-order valence-electron chi connectivity index (χ4n) is 2.55. The van der Waals surface area contributed by atoms with Crippen molar-refractivity contribution in [2.75, 3.05) is 4.90 Å². The standard InChI is InChI=1S/C15H13FN2O/c1-10-8-11-4-2-3-5-14(11)18(10)15(19)12-6-7-17-9-13(12)16/h2-7,9-10H,8H2,1H3. The number of aromatic nitrogens is 1. The van der Waals surface area contributed by atoms with Crippen molar-refractivity contribution in [2.45, 2.75) is 19.4 Å². The van der Waals surface area contributed by atoms with Gasteiger partial charge in [-0.05, 0) is 31.0 Å². The van der Waals surface area contributed by atoms with Crippen LogP contribution in [0.1, 0.15) is 22.8 Å². The number of hydrogen-bond acceptors (Lipinski definition) is 2. The molecule has 0 N–H and O–H groups in total. The van der Waals surface area contributed by atoms with Gasteiger partial charge in [0.05, 0.1) is 11.8 Å². The Labute approximate surface area is 110 Å². The summed E-state index contributed by atoms with van der Waals surface area (Å²) >= 11 is 0.